The summed E-state index contributed by atoms with van der Waals surface area (Å²) in [5, 5.41) is 39.5. The minimum absolute atomic E-state index is 0.125. The van der Waals surface area contributed by atoms with Gasteiger partial charge in [-0.05, 0) is 34.1 Å². The second-order valence-electron chi connectivity index (χ2n) is 6.99. The fraction of sp³-hybridized carbons (Fsp3) is 0.316. The molecule has 2 aromatic heterocycles. The lowest BCUT2D eigenvalue weighted by atomic mass is 9.97. The molecular formula is C19H16BrClF2N4O4S. The van der Waals surface area contributed by atoms with Gasteiger partial charge in [-0.1, -0.05) is 28.6 Å². The number of aliphatic hydroxyl groups is 3. The van der Waals surface area contributed by atoms with Gasteiger partial charge in [-0.25, -0.2) is 13.5 Å². The van der Waals surface area contributed by atoms with Crippen LogP contribution in [-0.2, 0) is 4.74 Å². The molecule has 5 atom stereocenters. The number of thioether (sulfide) groups is 1. The van der Waals surface area contributed by atoms with E-state index in [0.717, 1.165) is 23.9 Å². The first-order valence-electron chi connectivity index (χ1n) is 9.25. The quantitative estimate of drug-likeness (QED) is 0.417. The maximum Gasteiger partial charge on any atom is 0.141 e. The van der Waals surface area contributed by atoms with Gasteiger partial charge in [0.25, 0.3) is 0 Å². The number of halogens is 4. The average molecular weight is 550 g/mol. The van der Waals surface area contributed by atoms with Crippen molar-refractivity contribution in [2.45, 2.75) is 34.7 Å². The summed E-state index contributed by atoms with van der Waals surface area (Å²) in [6, 6.07) is 2.74. The molecule has 5 unspecified atom stereocenters. The monoisotopic (exact) mass is 548 g/mol. The van der Waals surface area contributed by atoms with Crippen molar-refractivity contribution in [3.8, 4) is 11.3 Å². The number of pyridine rings is 1. The Morgan fingerprint density at radius 3 is 2.53 bits per heavy atom. The van der Waals surface area contributed by atoms with Gasteiger partial charge >= 0.3 is 0 Å². The molecule has 1 fully saturated rings. The lowest BCUT2D eigenvalue weighted by Crippen LogP contribution is -2.55. The van der Waals surface area contributed by atoms with Gasteiger partial charge in [-0.15, -0.1) is 5.10 Å². The van der Waals surface area contributed by atoms with Gasteiger partial charge in [0.15, 0.2) is 0 Å². The van der Waals surface area contributed by atoms with E-state index in [1.807, 2.05) is 0 Å². The van der Waals surface area contributed by atoms with Crippen LogP contribution in [0.15, 0.2) is 46.2 Å². The third-order valence-electron chi connectivity index (χ3n) is 4.88. The molecule has 3 heterocycles. The van der Waals surface area contributed by atoms with Crippen LogP contribution in [0.2, 0.25) is 5.02 Å². The number of nitrogens with zero attached hydrogens (tertiary/aromatic N) is 4. The predicted molar refractivity (Wildman–Crippen MR) is 115 cm³/mol. The minimum atomic E-state index is -1.34. The van der Waals surface area contributed by atoms with Crippen LogP contribution in [0.5, 0.6) is 0 Å². The largest absolute Gasteiger partial charge is 0.394 e. The second kappa shape index (κ2) is 9.67. The summed E-state index contributed by atoms with van der Waals surface area (Å²) in [6.45, 7) is -0.514. The number of ether oxygens (including phenoxy) is 1. The molecule has 1 aromatic carbocycles. The first kappa shape index (κ1) is 23.5. The van der Waals surface area contributed by atoms with E-state index in [9.17, 15) is 24.1 Å². The third kappa shape index (κ3) is 4.67. The molecule has 0 amide bonds. The first-order valence-corrected chi connectivity index (χ1v) is 11.3. The molecule has 0 aliphatic carbocycles. The second-order valence-corrected chi connectivity index (χ2v) is 9.39. The summed E-state index contributed by atoms with van der Waals surface area (Å²) in [5.74, 6) is -1.62. The van der Waals surface area contributed by atoms with Crippen LogP contribution in [0.25, 0.3) is 11.3 Å². The van der Waals surface area contributed by atoms with E-state index < -0.39 is 48.0 Å². The van der Waals surface area contributed by atoms with E-state index >= 15 is 0 Å². The minimum Gasteiger partial charge on any atom is -0.394 e. The number of aromatic nitrogens is 4. The van der Waals surface area contributed by atoms with Crippen molar-refractivity contribution >= 4 is 39.3 Å². The Kier molecular flexibility index (Phi) is 7.10. The Hall–Kier alpha value is -1.67. The van der Waals surface area contributed by atoms with Crippen LogP contribution in [0.1, 0.15) is 6.04 Å². The van der Waals surface area contributed by atoms with Gasteiger partial charge in [0.05, 0.1) is 22.3 Å². The molecule has 32 heavy (non-hydrogen) atoms. The van der Waals surface area contributed by atoms with E-state index in [4.69, 9.17) is 16.3 Å². The summed E-state index contributed by atoms with van der Waals surface area (Å²) in [7, 11) is 0. The molecule has 1 aliphatic rings. The standard InChI is InChI=1S/C19H16BrClF2N4O4S/c20-15-11(22)1-8(2-12(15)23)13-6-27(26-25-13)16-17(29)14(7-28)31-19(18(16)30)32-10-3-9(21)4-24-5-10/h1-6,14,16-19,28-30H,7H2. The summed E-state index contributed by atoms with van der Waals surface area (Å²) >= 11 is 9.88. The highest BCUT2D eigenvalue weighted by Crippen LogP contribution is 2.38. The van der Waals surface area contributed by atoms with E-state index in [2.05, 4.69) is 31.2 Å². The van der Waals surface area contributed by atoms with Crippen LogP contribution >= 0.6 is 39.3 Å². The number of hydrogen-bond donors (Lipinski definition) is 3. The maximum atomic E-state index is 13.9. The van der Waals surface area contributed by atoms with Gasteiger partial charge in [0.2, 0.25) is 0 Å². The molecule has 3 aromatic rings. The molecule has 0 spiro atoms. The summed E-state index contributed by atoms with van der Waals surface area (Å²) in [6.07, 6.45) is 0.689. The normalized spacial score (nSPS) is 25.8. The fourth-order valence-electron chi connectivity index (χ4n) is 3.33. The molecule has 0 bridgehead atoms. The average Bonchev–Trinajstić information content (AvgIpc) is 3.23. The van der Waals surface area contributed by atoms with Gasteiger partial charge in [-0.2, -0.15) is 0 Å². The van der Waals surface area contributed by atoms with E-state index in [0.29, 0.717) is 9.92 Å². The van der Waals surface area contributed by atoms with E-state index in [-0.39, 0.29) is 15.7 Å². The van der Waals surface area contributed by atoms with Gasteiger partial charge in [0.1, 0.15) is 47.1 Å². The lowest BCUT2D eigenvalue weighted by molar-refractivity contribution is -0.178. The molecule has 170 valence electrons. The third-order valence-corrected chi connectivity index (χ3v) is 6.96. The van der Waals surface area contributed by atoms with Gasteiger partial charge in [0, 0.05) is 22.9 Å². The van der Waals surface area contributed by atoms with Crippen LogP contribution in [0, 0.1) is 11.6 Å². The maximum absolute atomic E-state index is 13.9. The van der Waals surface area contributed by atoms with E-state index in [1.165, 1.54) is 23.3 Å². The van der Waals surface area contributed by atoms with E-state index in [1.54, 1.807) is 6.07 Å². The number of benzene rings is 1. The highest BCUT2D eigenvalue weighted by atomic mass is 79.9. The summed E-state index contributed by atoms with van der Waals surface area (Å²) < 4.78 is 34.4. The number of rotatable bonds is 5. The van der Waals surface area contributed by atoms with Crippen molar-refractivity contribution in [2.24, 2.45) is 0 Å². The molecule has 13 heteroatoms. The van der Waals surface area contributed by atoms with Crippen molar-refractivity contribution in [3.63, 3.8) is 0 Å². The lowest BCUT2D eigenvalue weighted by Gasteiger charge is -2.41. The molecule has 1 saturated heterocycles. The van der Waals surface area contributed by atoms with Crippen molar-refractivity contribution in [1.82, 2.24) is 20.0 Å². The molecule has 0 radical (unpaired) electrons. The van der Waals surface area contributed by atoms with Crippen LogP contribution in [0.4, 0.5) is 8.78 Å². The van der Waals surface area contributed by atoms with Crippen molar-refractivity contribution in [1.29, 1.82) is 0 Å². The molecule has 3 N–H and O–H groups in total. The van der Waals surface area contributed by atoms with Crippen LogP contribution < -0.4 is 0 Å². The predicted octanol–water partition coefficient (Wildman–Crippen LogP) is 2.81. The highest BCUT2D eigenvalue weighted by Gasteiger charge is 2.46. The van der Waals surface area contributed by atoms with Gasteiger partial charge in [-0.3, -0.25) is 4.98 Å². The van der Waals surface area contributed by atoms with Crippen molar-refractivity contribution in [2.75, 3.05) is 6.61 Å². The molecule has 8 nitrogen and oxygen atoms in total. The topological polar surface area (TPSA) is 114 Å². The Labute approximate surface area is 198 Å². The Balaban J connectivity index is 1.64. The molecular weight excluding hydrogens is 534 g/mol. The smallest absolute Gasteiger partial charge is 0.141 e. The zero-order chi connectivity index (χ0) is 23.0. The SMILES string of the molecule is OCC1OC(Sc2cncc(Cl)c2)C(O)C(n2cc(-c3cc(F)c(Br)c(F)c3)nn2)C1O. The number of aliphatic hydroxyl groups excluding tert-OH is 3. The van der Waals surface area contributed by atoms with Gasteiger partial charge < -0.3 is 20.1 Å². The Morgan fingerprint density at radius 2 is 1.88 bits per heavy atom. The Morgan fingerprint density at radius 1 is 1.16 bits per heavy atom. The molecule has 4 rings (SSSR count). The zero-order valence-corrected chi connectivity index (χ0v) is 19.2. The summed E-state index contributed by atoms with van der Waals surface area (Å²) in [4.78, 5) is 4.59. The van der Waals surface area contributed by atoms with Crippen LogP contribution in [-0.4, -0.2) is 65.7 Å². The summed E-state index contributed by atoms with van der Waals surface area (Å²) in [5.41, 5.74) is -0.652. The molecule has 0 saturated carbocycles. The van der Waals surface area contributed by atoms with Crippen molar-refractivity contribution < 1.29 is 28.8 Å². The highest BCUT2D eigenvalue weighted by molar-refractivity contribution is 9.10. The molecule has 1 aliphatic heterocycles. The number of hydrogen-bond acceptors (Lipinski definition) is 8. The van der Waals surface area contributed by atoms with Crippen LogP contribution in [0.3, 0.4) is 0 Å². The Bertz CT molecular complexity index is 1100. The van der Waals surface area contributed by atoms with Crippen molar-refractivity contribution in [3.05, 3.63) is 57.9 Å². The fourth-order valence-corrected chi connectivity index (χ4v) is 4.88. The zero-order valence-electron chi connectivity index (χ0n) is 16.0. The first-order chi connectivity index (χ1) is 15.3.